The maximum atomic E-state index is 12.1. The number of aromatic nitrogens is 1. The molecule has 0 aliphatic heterocycles. The van der Waals surface area contributed by atoms with E-state index in [1.54, 1.807) is 6.92 Å². The van der Waals surface area contributed by atoms with Crippen LogP contribution in [0.2, 0.25) is 0 Å². The van der Waals surface area contributed by atoms with Gasteiger partial charge < -0.3 is 0 Å². The van der Waals surface area contributed by atoms with Gasteiger partial charge in [-0.2, -0.15) is 4.39 Å². The highest BCUT2D eigenvalue weighted by molar-refractivity contribution is 7.10. The quantitative estimate of drug-likeness (QED) is 0.588. The van der Waals surface area contributed by atoms with Crippen molar-refractivity contribution in [1.29, 1.82) is 0 Å². The first-order valence-electron chi connectivity index (χ1n) is 2.47. The predicted molar refractivity (Wildman–Crippen MR) is 36.8 cm³/mol. The number of thiazole rings is 1. The zero-order valence-corrected chi connectivity index (χ0v) is 5.83. The third-order valence-corrected chi connectivity index (χ3v) is 1.82. The molecule has 1 nitrogen and oxygen atoms in total. The Morgan fingerprint density at radius 2 is 2.56 bits per heavy atom. The van der Waals surface area contributed by atoms with Gasteiger partial charge in [0.15, 0.2) is 0 Å². The van der Waals surface area contributed by atoms with Crippen molar-refractivity contribution in [3.05, 3.63) is 22.9 Å². The molecular weight excluding hydrogens is 137 g/mol. The van der Waals surface area contributed by atoms with Crippen LogP contribution < -0.4 is 0 Å². The van der Waals surface area contributed by atoms with Crippen LogP contribution in [-0.4, -0.2) is 4.98 Å². The Bertz CT molecular complexity index is 229. The maximum Gasteiger partial charge on any atom is 0.224 e. The summed E-state index contributed by atoms with van der Waals surface area (Å²) in [6.07, 6.45) is 0. The van der Waals surface area contributed by atoms with E-state index < -0.39 is 5.95 Å². The molecule has 9 heavy (non-hydrogen) atoms. The van der Waals surface area contributed by atoms with E-state index in [1.165, 1.54) is 16.7 Å². The molecule has 0 aliphatic carbocycles. The summed E-state index contributed by atoms with van der Waals surface area (Å²) < 4.78 is 12.1. The zero-order chi connectivity index (χ0) is 6.85. The average Bonchev–Trinajstić information content (AvgIpc) is 2.14. The summed E-state index contributed by atoms with van der Waals surface area (Å²) in [6.45, 7) is 5.42. The Balaban J connectivity index is 2.98. The molecular formula is C6H6FNS. The molecule has 0 saturated carbocycles. The molecule has 0 N–H and O–H groups in total. The minimum Gasteiger partial charge on any atom is -0.208 e. The minimum absolute atomic E-state index is 0.419. The molecule has 0 spiro atoms. The summed E-state index contributed by atoms with van der Waals surface area (Å²) in [5, 5.41) is 2.04. The second kappa shape index (κ2) is 2.27. The van der Waals surface area contributed by atoms with E-state index in [2.05, 4.69) is 11.6 Å². The lowest BCUT2D eigenvalue weighted by molar-refractivity contribution is 0.591. The number of allylic oxidation sites excluding steroid dienone is 1. The average molecular weight is 143 g/mol. The molecule has 0 unspecified atom stereocenters. The van der Waals surface area contributed by atoms with Gasteiger partial charge in [-0.1, -0.05) is 6.58 Å². The van der Waals surface area contributed by atoms with Crippen LogP contribution in [0.3, 0.4) is 0 Å². The summed E-state index contributed by atoms with van der Waals surface area (Å²) in [6, 6.07) is 0. The van der Waals surface area contributed by atoms with Crippen LogP contribution in [0.1, 0.15) is 11.9 Å². The fourth-order valence-corrected chi connectivity index (χ4v) is 1.05. The number of hydrogen-bond donors (Lipinski definition) is 0. The van der Waals surface area contributed by atoms with Crippen LogP contribution in [0.25, 0.3) is 5.57 Å². The van der Waals surface area contributed by atoms with E-state index in [-0.39, 0.29) is 0 Å². The Morgan fingerprint density at radius 3 is 2.78 bits per heavy atom. The van der Waals surface area contributed by atoms with Crippen molar-refractivity contribution in [2.24, 2.45) is 0 Å². The summed E-state index contributed by atoms with van der Waals surface area (Å²) >= 11 is 1.27. The molecule has 0 bridgehead atoms. The summed E-state index contributed by atoms with van der Waals surface area (Å²) in [4.78, 5) is 3.56. The third-order valence-electron chi connectivity index (χ3n) is 0.841. The lowest BCUT2D eigenvalue weighted by Crippen LogP contribution is -1.75. The van der Waals surface area contributed by atoms with Gasteiger partial charge in [-0.3, -0.25) is 0 Å². The first kappa shape index (κ1) is 6.42. The van der Waals surface area contributed by atoms with Crippen LogP contribution in [0, 0.1) is 5.95 Å². The van der Waals surface area contributed by atoms with Gasteiger partial charge in [0.05, 0.1) is 0 Å². The van der Waals surface area contributed by atoms with Crippen molar-refractivity contribution in [3.8, 4) is 0 Å². The summed E-state index contributed by atoms with van der Waals surface area (Å²) in [5.74, 6) is -0.419. The standard InChI is InChI=1S/C6H6FNS/c1-4(2)6-8-5(7)3-9-6/h3H,1H2,2H3. The SMILES string of the molecule is C=C(C)c1nc(F)cs1. The van der Waals surface area contributed by atoms with Crippen molar-refractivity contribution >= 4 is 16.9 Å². The molecule has 0 aromatic carbocycles. The molecule has 1 rings (SSSR count). The molecule has 3 heteroatoms. The third kappa shape index (κ3) is 1.36. The molecule has 0 radical (unpaired) electrons. The monoisotopic (exact) mass is 143 g/mol. The fourth-order valence-electron chi connectivity index (χ4n) is 0.450. The van der Waals surface area contributed by atoms with Gasteiger partial charge in [0.25, 0.3) is 0 Å². The highest BCUT2D eigenvalue weighted by Crippen LogP contribution is 2.15. The van der Waals surface area contributed by atoms with Crippen molar-refractivity contribution < 1.29 is 4.39 Å². The molecule has 1 heterocycles. The van der Waals surface area contributed by atoms with Gasteiger partial charge in [-0.15, -0.1) is 11.3 Å². The number of halogens is 1. The van der Waals surface area contributed by atoms with Crippen LogP contribution in [-0.2, 0) is 0 Å². The lowest BCUT2D eigenvalue weighted by atomic mass is 10.4. The van der Waals surface area contributed by atoms with E-state index in [4.69, 9.17) is 0 Å². The Morgan fingerprint density at radius 1 is 1.89 bits per heavy atom. The van der Waals surface area contributed by atoms with Gasteiger partial charge in [0.2, 0.25) is 5.95 Å². The first-order chi connectivity index (χ1) is 4.20. The fraction of sp³-hybridized carbons (Fsp3) is 0.167. The van der Waals surface area contributed by atoms with Crippen LogP contribution in [0.5, 0.6) is 0 Å². The summed E-state index contributed by atoms with van der Waals surface area (Å²) in [5.41, 5.74) is 0.809. The van der Waals surface area contributed by atoms with E-state index in [9.17, 15) is 4.39 Å². The smallest absolute Gasteiger partial charge is 0.208 e. The number of rotatable bonds is 1. The van der Waals surface area contributed by atoms with Crippen molar-refractivity contribution in [2.45, 2.75) is 6.92 Å². The number of hydrogen-bond acceptors (Lipinski definition) is 2. The molecule has 0 saturated heterocycles. The lowest BCUT2D eigenvalue weighted by Gasteiger charge is -1.85. The van der Waals surface area contributed by atoms with Crippen molar-refractivity contribution in [3.63, 3.8) is 0 Å². The Hall–Kier alpha value is -0.700. The van der Waals surface area contributed by atoms with Crippen molar-refractivity contribution in [1.82, 2.24) is 4.98 Å². The summed E-state index contributed by atoms with van der Waals surface area (Å²) in [7, 11) is 0. The molecule has 0 fully saturated rings. The van der Waals surface area contributed by atoms with Gasteiger partial charge in [-0.05, 0) is 12.5 Å². The van der Waals surface area contributed by atoms with E-state index in [0.29, 0.717) is 5.01 Å². The molecule has 1 aromatic heterocycles. The highest BCUT2D eigenvalue weighted by Gasteiger charge is 1.98. The first-order valence-corrected chi connectivity index (χ1v) is 3.35. The highest BCUT2D eigenvalue weighted by atomic mass is 32.1. The van der Waals surface area contributed by atoms with Crippen LogP contribution in [0.15, 0.2) is 12.0 Å². The predicted octanol–water partition coefficient (Wildman–Crippen LogP) is 2.32. The van der Waals surface area contributed by atoms with E-state index >= 15 is 0 Å². The van der Waals surface area contributed by atoms with Crippen LogP contribution >= 0.6 is 11.3 Å². The maximum absolute atomic E-state index is 12.1. The normalized spacial score (nSPS) is 9.56. The Labute approximate surface area is 56.9 Å². The Kier molecular flexibility index (Phi) is 1.62. The van der Waals surface area contributed by atoms with E-state index in [1.807, 2.05) is 0 Å². The molecule has 0 amide bonds. The second-order valence-electron chi connectivity index (χ2n) is 1.76. The molecule has 1 aromatic rings. The van der Waals surface area contributed by atoms with Gasteiger partial charge in [0, 0.05) is 5.38 Å². The van der Waals surface area contributed by atoms with E-state index in [0.717, 1.165) is 5.57 Å². The zero-order valence-electron chi connectivity index (χ0n) is 5.02. The van der Waals surface area contributed by atoms with Crippen LogP contribution in [0.4, 0.5) is 4.39 Å². The van der Waals surface area contributed by atoms with Gasteiger partial charge >= 0.3 is 0 Å². The second-order valence-corrected chi connectivity index (χ2v) is 2.61. The van der Waals surface area contributed by atoms with Gasteiger partial charge in [0.1, 0.15) is 5.01 Å². The minimum atomic E-state index is -0.419. The van der Waals surface area contributed by atoms with Gasteiger partial charge in [-0.25, -0.2) is 4.98 Å². The number of nitrogens with zero attached hydrogens (tertiary/aromatic N) is 1. The molecule has 48 valence electrons. The molecule has 0 aliphatic rings. The topological polar surface area (TPSA) is 12.9 Å². The molecule has 0 atom stereocenters. The largest absolute Gasteiger partial charge is 0.224 e. The van der Waals surface area contributed by atoms with Crippen molar-refractivity contribution in [2.75, 3.05) is 0 Å².